The first-order chi connectivity index (χ1) is 12.1. The smallest absolute Gasteiger partial charge is 0.240 e. The van der Waals surface area contributed by atoms with Crippen LogP contribution in [0.1, 0.15) is 19.3 Å². The number of rotatable bonds is 5. The topological polar surface area (TPSA) is 30.0 Å². The zero-order chi connectivity index (χ0) is 17.6. The Kier molecular flexibility index (Phi) is 6.45. The zero-order valence-electron chi connectivity index (χ0n) is 15.7. The fraction of sp³-hybridized carbons (Fsp3) is 0.650. The lowest BCUT2D eigenvalue weighted by molar-refractivity contribution is -0.119. The van der Waals surface area contributed by atoms with Gasteiger partial charge in [-0.25, -0.2) is 0 Å². The lowest BCUT2D eigenvalue weighted by Gasteiger charge is -2.40. The SMILES string of the molecule is CN(C(=O)CN1CCN(C[C@H]2CCCCN2C)CC1)c1ccccc1. The minimum atomic E-state index is 0.173. The maximum atomic E-state index is 12.5. The summed E-state index contributed by atoms with van der Waals surface area (Å²) in [4.78, 5) is 21.7. The monoisotopic (exact) mass is 344 g/mol. The molecule has 0 spiro atoms. The number of likely N-dealkylation sites (N-methyl/N-ethyl adjacent to an activating group) is 2. The number of hydrogen-bond acceptors (Lipinski definition) is 4. The number of carbonyl (C=O) groups excluding carboxylic acids is 1. The molecule has 1 aromatic rings. The van der Waals surface area contributed by atoms with E-state index in [4.69, 9.17) is 0 Å². The molecule has 1 amide bonds. The van der Waals surface area contributed by atoms with Crippen LogP contribution >= 0.6 is 0 Å². The van der Waals surface area contributed by atoms with Gasteiger partial charge in [-0.15, -0.1) is 0 Å². The van der Waals surface area contributed by atoms with Crippen LogP contribution in [0.25, 0.3) is 0 Å². The van der Waals surface area contributed by atoms with Crippen molar-refractivity contribution < 1.29 is 4.79 Å². The molecular weight excluding hydrogens is 312 g/mol. The second-order valence-corrected chi connectivity index (χ2v) is 7.50. The van der Waals surface area contributed by atoms with E-state index >= 15 is 0 Å². The molecule has 2 aliphatic rings. The van der Waals surface area contributed by atoms with Crippen molar-refractivity contribution in [1.29, 1.82) is 0 Å². The second-order valence-electron chi connectivity index (χ2n) is 7.50. The summed E-state index contributed by atoms with van der Waals surface area (Å²) in [5, 5.41) is 0. The number of piperidine rings is 1. The first kappa shape index (κ1) is 18.4. The summed E-state index contributed by atoms with van der Waals surface area (Å²) in [6, 6.07) is 10.6. The van der Waals surface area contributed by atoms with E-state index in [2.05, 4.69) is 21.7 Å². The van der Waals surface area contributed by atoms with Gasteiger partial charge >= 0.3 is 0 Å². The van der Waals surface area contributed by atoms with E-state index in [1.54, 1.807) is 4.90 Å². The van der Waals surface area contributed by atoms with Crippen molar-refractivity contribution in [2.24, 2.45) is 0 Å². The highest BCUT2D eigenvalue weighted by atomic mass is 16.2. The third-order valence-electron chi connectivity index (χ3n) is 5.73. The van der Waals surface area contributed by atoms with Crippen molar-refractivity contribution in [2.45, 2.75) is 25.3 Å². The lowest BCUT2D eigenvalue weighted by Crippen LogP contribution is -2.53. The van der Waals surface area contributed by atoms with Crippen molar-refractivity contribution in [1.82, 2.24) is 14.7 Å². The third-order valence-corrected chi connectivity index (χ3v) is 5.73. The maximum absolute atomic E-state index is 12.5. The molecule has 1 aromatic carbocycles. The molecule has 0 aliphatic carbocycles. The van der Waals surface area contributed by atoms with Gasteiger partial charge in [0.15, 0.2) is 0 Å². The highest BCUT2D eigenvalue weighted by Crippen LogP contribution is 2.17. The average molecular weight is 345 g/mol. The Labute approximate surface area is 152 Å². The molecule has 2 aliphatic heterocycles. The number of piperazine rings is 1. The molecule has 138 valence electrons. The van der Waals surface area contributed by atoms with Gasteiger partial charge in [-0.1, -0.05) is 24.6 Å². The third kappa shape index (κ3) is 5.03. The van der Waals surface area contributed by atoms with E-state index in [0.29, 0.717) is 12.6 Å². The Bertz CT molecular complexity index is 542. The van der Waals surface area contributed by atoms with Crippen LogP contribution in [0.2, 0.25) is 0 Å². The number of nitrogens with zero attached hydrogens (tertiary/aromatic N) is 4. The summed E-state index contributed by atoms with van der Waals surface area (Å²) in [6.07, 6.45) is 4.05. The summed E-state index contributed by atoms with van der Waals surface area (Å²) in [5.74, 6) is 0.173. The van der Waals surface area contributed by atoms with Gasteiger partial charge in [-0.05, 0) is 38.6 Å². The van der Waals surface area contributed by atoms with Gasteiger partial charge in [-0.3, -0.25) is 14.6 Å². The molecule has 0 bridgehead atoms. The molecule has 0 unspecified atom stereocenters. The molecule has 1 atom stereocenters. The molecule has 0 N–H and O–H groups in total. The number of carbonyl (C=O) groups is 1. The molecule has 5 heteroatoms. The molecule has 2 saturated heterocycles. The maximum Gasteiger partial charge on any atom is 0.240 e. The van der Waals surface area contributed by atoms with E-state index in [0.717, 1.165) is 31.9 Å². The molecule has 2 heterocycles. The highest BCUT2D eigenvalue weighted by molar-refractivity contribution is 5.94. The summed E-state index contributed by atoms with van der Waals surface area (Å²) in [7, 11) is 4.13. The quantitative estimate of drug-likeness (QED) is 0.814. The molecule has 0 saturated carbocycles. The second kappa shape index (κ2) is 8.79. The fourth-order valence-electron chi connectivity index (χ4n) is 3.90. The molecule has 0 radical (unpaired) electrons. The predicted molar refractivity (Wildman–Crippen MR) is 103 cm³/mol. The first-order valence-electron chi connectivity index (χ1n) is 9.60. The highest BCUT2D eigenvalue weighted by Gasteiger charge is 2.25. The number of hydrogen-bond donors (Lipinski definition) is 0. The van der Waals surface area contributed by atoms with Crippen LogP contribution in [0.4, 0.5) is 5.69 Å². The van der Waals surface area contributed by atoms with Crippen LogP contribution in [0.5, 0.6) is 0 Å². The number of benzene rings is 1. The fourth-order valence-corrected chi connectivity index (χ4v) is 3.90. The molecular formula is C20H32N4O. The van der Waals surface area contributed by atoms with Crippen LogP contribution in [0, 0.1) is 0 Å². The molecule has 2 fully saturated rings. The number of amides is 1. The Balaban J connectivity index is 1.42. The van der Waals surface area contributed by atoms with E-state index in [1.165, 1.54) is 32.4 Å². The van der Waals surface area contributed by atoms with Crippen molar-refractivity contribution in [2.75, 3.05) is 64.8 Å². The molecule has 3 rings (SSSR count). The van der Waals surface area contributed by atoms with Crippen molar-refractivity contribution in [3.05, 3.63) is 30.3 Å². The van der Waals surface area contributed by atoms with Gasteiger partial charge in [-0.2, -0.15) is 0 Å². The Morgan fingerprint density at radius 3 is 2.40 bits per heavy atom. The van der Waals surface area contributed by atoms with Crippen LogP contribution in [-0.2, 0) is 4.79 Å². The zero-order valence-corrected chi connectivity index (χ0v) is 15.7. The number of anilines is 1. The summed E-state index contributed by atoms with van der Waals surface area (Å²) in [5.41, 5.74) is 0.964. The van der Waals surface area contributed by atoms with Gasteiger partial charge in [0.2, 0.25) is 5.91 Å². The predicted octanol–water partition coefficient (Wildman–Crippen LogP) is 1.75. The van der Waals surface area contributed by atoms with Crippen LogP contribution in [0.15, 0.2) is 30.3 Å². The van der Waals surface area contributed by atoms with E-state index in [9.17, 15) is 4.79 Å². The normalized spacial score (nSPS) is 23.5. The molecule has 5 nitrogen and oxygen atoms in total. The largest absolute Gasteiger partial charge is 0.314 e. The summed E-state index contributed by atoms with van der Waals surface area (Å²) >= 11 is 0. The Hall–Kier alpha value is -1.43. The van der Waals surface area contributed by atoms with E-state index in [1.807, 2.05) is 37.4 Å². The van der Waals surface area contributed by atoms with Gasteiger partial charge < -0.3 is 9.80 Å². The van der Waals surface area contributed by atoms with Crippen LogP contribution in [-0.4, -0.2) is 86.6 Å². The Morgan fingerprint density at radius 2 is 1.72 bits per heavy atom. The minimum absolute atomic E-state index is 0.173. The van der Waals surface area contributed by atoms with Gasteiger partial charge in [0.05, 0.1) is 6.54 Å². The van der Waals surface area contributed by atoms with Crippen molar-refractivity contribution in [3.8, 4) is 0 Å². The van der Waals surface area contributed by atoms with Gasteiger partial charge in [0, 0.05) is 51.5 Å². The minimum Gasteiger partial charge on any atom is -0.314 e. The average Bonchev–Trinajstić information content (AvgIpc) is 2.65. The molecule has 25 heavy (non-hydrogen) atoms. The summed E-state index contributed by atoms with van der Waals surface area (Å²) in [6.45, 7) is 7.07. The van der Waals surface area contributed by atoms with Crippen molar-refractivity contribution >= 4 is 11.6 Å². The first-order valence-corrected chi connectivity index (χ1v) is 9.60. The molecule has 0 aromatic heterocycles. The van der Waals surface area contributed by atoms with Gasteiger partial charge in [0.25, 0.3) is 0 Å². The number of para-hydroxylation sites is 1. The number of likely N-dealkylation sites (tertiary alicyclic amines) is 1. The van der Waals surface area contributed by atoms with Crippen LogP contribution in [0.3, 0.4) is 0 Å². The van der Waals surface area contributed by atoms with Gasteiger partial charge in [0.1, 0.15) is 0 Å². The summed E-state index contributed by atoms with van der Waals surface area (Å²) < 4.78 is 0. The lowest BCUT2D eigenvalue weighted by atomic mass is 10.0. The van der Waals surface area contributed by atoms with E-state index < -0.39 is 0 Å². The standard InChI is InChI=1S/C20H32N4O/c1-21-11-7-6-10-19(21)16-23-12-14-24(15-13-23)17-20(25)22(2)18-8-4-3-5-9-18/h3-5,8-9,19H,6-7,10-17H2,1-2H3/t19-/m1/s1. The van der Waals surface area contributed by atoms with E-state index in [-0.39, 0.29) is 5.91 Å². The van der Waals surface area contributed by atoms with Crippen molar-refractivity contribution in [3.63, 3.8) is 0 Å². The Morgan fingerprint density at radius 1 is 1.04 bits per heavy atom. The van der Waals surface area contributed by atoms with Crippen LogP contribution < -0.4 is 4.90 Å².